The van der Waals surface area contributed by atoms with Crippen molar-refractivity contribution in [3.8, 4) is 5.75 Å². The van der Waals surface area contributed by atoms with Gasteiger partial charge in [0.25, 0.3) is 0 Å². The minimum absolute atomic E-state index is 0.00714. The molecular formula is C29H31NO5. The molecule has 2 aromatic carbocycles. The SMILES string of the molecule is CC1(O)CCN(CCOc2ccc3c(ccc4occ(C5CCC(=O)C6[C@H]7CC67C5=O)c43)c2)CC1. The minimum atomic E-state index is -0.537. The molecule has 3 aliphatic carbocycles. The van der Waals surface area contributed by atoms with Gasteiger partial charge >= 0.3 is 0 Å². The van der Waals surface area contributed by atoms with Gasteiger partial charge in [-0.3, -0.25) is 14.5 Å². The van der Waals surface area contributed by atoms with Gasteiger partial charge in [0.05, 0.1) is 11.9 Å². The first-order valence-electron chi connectivity index (χ1n) is 13.0. The molecule has 3 saturated carbocycles. The van der Waals surface area contributed by atoms with Crippen molar-refractivity contribution in [1.82, 2.24) is 4.90 Å². The Kier molecular flexibility index (Phi) is 4.56. The van der Waals surface area contributed by atoms with Gasteiger partial charge in [0.2, 0.25) is 0 Å². The summed E-state index contributed by atoms with van der Waals surface area (Å²) in [6, 6.07) is 10.1. The van der Waals surface area contributed by atoms with Crippen molar-refractivity contribution >= 4 is 33.3 Å². The number of fused-ring (bicyclic) bond motifs is 4. The number of furan rings is 1. The highest BCUT2D eigenvalue weighted by molar-refractivity contribution is 6.12. The Bertz CT molecular complexity index is 1360. The van der Waals surface area contributed by atoms with E-state index in [2.05, 4.69) is 17.0 Å². The van der Waals surface area contributed by atoms with Crippen molar-refractivity contribution < 1.29 is 23.8 Å². The van der Waals surface area contributed by atoms with E-state index in [-0.39, 0.29) is 28.8 Å². The average molecular weight is 474 g/mol. The molecule has 1 saturated heterocycles. The number of carbonyl (C=O) groups is 2. The number of likely N-dealkylation sites (tertiary alicyclic amines) is 1. The third-order valence-corrected chi connectivity index (χ3v) is 9.25. The highest BCUT2D eigenvalue weighted by Gasteiger charge is 2.85. The van der Waals surface area contributed by atoms with Crippen LogP contribution in [0.2, 0.25) is 0 Å². The molecule has 0 bridgehead atoms. The molecule has 6 heteroatoms. The zero-order chi connectivity index (χ0) is 23.9. The van der Waals surface area contributed by atoms with Gasteiger partial charge in [-0.05, 0) is 73.6 Å². The lowest BCUT2D eigenvalue weighted by Crippen LogP contribution is -2.43. The first-order chi connectivity index (χ1) is 16.9. The monoisotopic (exact) mass is 473 g/mol. The fourth-order valence-corrected chi connectivity index (χ4v) is 6.82. The predicted octanol–water partition coefficient (Wildman–Crippen LogP) is 4.46. The van der Waals surface area contributed by atoms with Crippen LogP contribution in [0.25, 0.3) is 21.7 Å². The number of hydrogen-bond acceptors (Lipinski definition) is 6. The standard InChI is InChI=1S/C29H31NO5/c1-28(33)8-10-30(11-9-28)12-13-34-18-3-4-19-17(14-18)2-7-24-25(19)21(16-35-24)20-5-6-23(31)26-22-15-29(22,26)27(20)32/h2-4,7,14,16,20,22,26,33H,5-6,8-13,15H2,1H3/t20?,22-,26?,29?/m1/s1. The molecule has 0 amide bonds. The van der Waals surface area contributed by atoms with Crippen LogP contribution >= 0.6 is 0 Å². The van der Waals surface area contributed by atoms with Crippen LogP contribution in [0, 0.1) is 17.3 Å². The Morgan fingerprint density at radius 2 is 2.00 bits per heavy atom. The molecule has 4 atom stereocenters. The normalized spacial score (nSPS) is 31.8. The van der Waals surface area contributed by atoms with Gasteiger partial charge < -0.3 is 14.3 Å². The molecule has 1 spiro atoms. The number of benzene rings is 2. The average Bonchev–Trinajstić information content (AvgIpc) is 3.68. The molecule has 2 heterocycles. The number of Topliss-reactive ketones (excluding diaryl/α,β-unsaturated/α-hetero) is 2. The zero-order valence-corrected chi connectivity index (χ0v) is 20.1. The topological polar surface area (TPSA) is 80.0 Å². The van der Waals surface area contributed by atoms with E-state index in [4.69, 9.17) is 9.15 Å². The van der Waals surface area contributed by atoms with Crippen LogP contribution < -0.4 is 4.74 Å². The van der Waals surface area contributed by atoms with Crippen LogP contribution in [0.15, 0.2) is 41.0 Å². The first kappa shape index (κ1) is 21.6. The van der Waals surface area contributed by atoms with Crippen molar-refractivity contribution in [2.24, 2.45) is 17.3 Å². The molecule has 0 radical (unpaired) electrons. The van der Waals surface area contributed by atoms with Crippen molar-refractivity contribution in [3.05, 3.63) is 42.2 Å². The molecule has 182 valence electrons. The Balaban J connectivity index is 1.12. The van der Waals surface area contributed by atoms with E-state index in [0.29, 0.717) is 25.4 Å². The van der Waals surface area contributed by atoms with Gasteiger partial charge in [0.15, 0.2) is 0 Å². The van der Waals surface area contributed by atoms with Crippen molar-refractivity contribution in [2.45, 2.75) is 50.5 Å². The van der Waals surface area contributed by atoms with Gasteiger partial charge in [-0.2, -0.15) is 0 Å². The number of ketones is 2. The van der Waals surface area contributed by atoms with Crippen LogP contribution in [-0.2, 0) is 9.59 Å². The van der Waals surface area contributed by atoms with Crippen LogP contribution in [0.5, 0.6) is 5.75 Å². The Morgan fingerprint density at radius 1 is 1.17 bits per heavy atom. The number of ether oxygens (including phenoxy) is 1. The highest BCUT2D eigenvalue weighted by Crippen LogP contribution is 2.82. The lowest BCUT2D eigenvalue weighted by atomic mass is 9.86. The molecule has 4 fully saturated rings. The third kappa shape index (κ3) is 3.30. The molecule has 1 N–H and O–H groups in total. The molecule has 35 heavy (non-hydrogen) atoms. The number of nitrogens with zero attached hydrogens (tertiary/aromatic N) is 1. The van der Waals surface area contributed by atoms with Crippen molar-refractivity contribution in [1.29, 1.82) is 0 Å². The van der Waals surface area contributed by atoms with Gasteiger partial charge in [-0.1, -0.05) is 6.07 Å². The highest BCUT2D eigenvalue weighted by atomic mass is 16.5. The Hall–Kier alpha value is -2.70. The summed E-state index contributed by atoms with van der Waals surface area (Å²) >= 11 is 0. The molecule has 4 aliphatic rings. The Morgan fingerprint density at radius 3 is 2.80 bits per heavy atom. The van der Waals surface area contributed by atoms with Crippen LogP contribution in [-0.4, -0.2) is 53.4 Å². The second kappa shape index (κ2) is 7.40. The second-order valence-corrected chi connectivity index (χ2v) is 11.5. The van der Waals surface area contributed by atoms with E-state index in [1.807, 2.05) is 25.1 Å². The number of aliphatic hydroxyl groups is 1. The molecular weight excluding hydrogens is 442 g/mol. The van der Waals surface area contributed by atoms with Gasteiger partial charge in [-0.15, -0.1) is 0 Å². The summed E-state index contributed by atoms with van der Waals surface area (Å²) in [4.78, 5) is 28.3. The zero-order valence-electron chi connectivity index (χ0n) is 20.1. The van der Waals surface area contributed by atoms with Crippen LogP contribution in [0.1, 0.15) is 50.5 Å². The maximum Gasteiger partial charge on any atom is 0.147 e. The Labute approximate surface area is 204 Å². The van der Waals surface area contributed by atoms with Crippen molar-refractivity contribution in [3.63, 3.8) is 0 Å². The smallest absolute Gasteiger partial charge is 0.147 e. The van der Waals surface area contributed by atoms with Gasteiger partial charge in [0.1, 0.15) is 29.5 Å². The van der Waals surface area contributed by atoms with E-state index >= 15 is 0 Å². The molecule has 3 unspecified atom stereocenters. The number of piperidine rings is 1. The molecule has 3 aromatic rings. The van der Waals surface area contributed by atoms with Gasteiger partial charge in [-0.25, -0.2) is 0 Å². The molecule has 6 nitrogen and oxygen atoms in total. The summed E-state index contributed by atoms with van der Waals surface area (Å²) in [7, 11) is 0. The van der Waals surface area contributed by atoms with E-state index in [0.717, 1.165) is 72.0 Å². The quantitative estimate of drug-likeness (QED) is 0.589. The maximum atomic E-state index is 13.5. The fraction of sp³-hybridized carbons (Fsp3) is 0.517. The van der Waals surface area contributed by atoms with Crippen LogP contribution in [0.3, 0.4) is 0 Å². The first-order valence-corrected chi connectivity index (χ1v) is 13.0. The summed E-state index contributed by atoms with van der Waals surface area (Å²) in [5.41, 5.74) is 0.843. The summed E-state index contributed by atoms with van der Waals surface area (Å²) in [6.45, 7) is 5.13. The number of rotatable bonds is 5. The van der Waals surface area contributed by atoms with E-state index in [1.54, 1.807) is 6.26 Å². The van der Waals surface area contributed by atoms with Crippen LogP contribution in [0.4, 0.5) is 0 Å². The lowest BCUT2D eigenvalue weighted by Gasteiger charge is -2.35. The summed E-state index contributed by atoms with van der Waals surface area (Å²) in [5.74, 6) is 1.43. The fourth-order valence-electron chi connectivity index (χ4n) is 6.82. The van der Waals surface area contributed by atoms with E-state index in [9.17, 15) is 14.7 Å². The number of carbonyl (C=O) groups excluding carboxylic acids is 2. The van der Waals surface area contributed by atoms with E-state index < -0.39 is 5.60 Å². The third-order valence-electron chi connectivity index (χ3n) is 9.25. The molecule has 7 rings (SSSR count). The maximum absolute atomic E-state index is 13.5. The summed E-state index contributed by atoms with van der Waals surface area (Å²) in [6.07, 6.45) is 5.31. The largest absolute Gasteiger partial charge is 0.492 e. The summed E-state index contributed by atoms with van der Waals surface area (Å²) in [5, 5.41) is 13.2. The summed E-state index contributed by atoms with van der Waals surface area (Å²) < 4.78 is 12.0. The number of hydrogen-bond donors (Lipinski definition) is 1. The van der Waals surface area contributed by atoms with E-state index in [1.165, 1.54) is 0 Å². The lowest BCUT2D eigenvalue weighted by molar-refractivity contribution is -0.126. The predicted molar refractivity (Wildman–Crippen MR) is 132 cm³/mol. The van der Waals surface area contributed by atoms with Crippen molar-refractivity contribution in [2.75, 3.05) is 26.2 Å². The molecule has 1 aliphatic heterocycles. The minimum Gasteiger partial charge on any atom is -0.492 e. The van der Waals surface area contributed by atoms with Gasteiger partial charge in [0, 0.05) is 54.3 Å². The second-order valence-electron chi connectivity index (χ2n) is 11.5. The molecule has 1 aromatic heterocycles.